The van der Waals surface area contributed by atoms with Crippen LogP contribution in [0.4, 0.5) is 10.1 Å². The number of anilines is 1. The standard InChI is InChI=1S/C24H16FN3O2S/c25-18-10-4-1-7-15(18)24-27-21(14-31-24)16-8-2-5-11-19(16)26-23(29)13-20-17-9-3-6-12-22(17)30-28-20/h1-12,14H,13H2,(H,26,29). The number of rotatable bonds is 5. The molecule has 0 bridgehead atoms. The molecule has 0 aliphatic carbocycles. The maximum absolute atomic E-state index is 14.1. The number of nitrogens with one attached hydrogen (secondary N) is 1. The number of aromatic nitrogens is 2. The molecule has 1 N–H and O–H groups in total. The Morgan fingerprint density at radius 3 is 2.58 bits per heavy atom. The minimum absolute atomic E-state index is 0.0862. The molecule has 0 radical (unpaired) electrons. The lowest BCUT2D eigenvalue weighted by atomic mass is 10.1. The summed E-state index contributed by atoms with van der Waals surface area (Å²) >= 11 is 1.36. The maximum Gasteiger partial charge on any atom is 0.230 e. The zero-order chi connectivity index (χ0) is 21.2. The van der Waals surface area contributed by atoms with Crippen LogP contribution in [0.1, 0.15) is 5.69 Å². The third kappa shape index (κ3) is 3.83. The van der Waals surface area contributed by atoms with Gasteiger partial charge >= 0.3 is 0 Å². The van der Waals surface area contributed by atoms with E-state index in [0.717, 1.165) is 10.9 Å². The van der Waals surface area contributed by atoms with Gasteiger partial charge in [-0.3, -0.25) is 4.79 Å². The molecule has 5 rings (SSSR count). The summed E-state index contributed by atoms with van der Waals surface area (Å²) in [4.78, 5) is 17.3. The van der Waals surface area contributed by atoms with E-state index in [1.807, 2.05) is 53.9 Å². The first-order valence-corrected chi connectivity index (χ1v) is 10.5. The maximum atomic E-state index is 14.1. The van der Waals surface area contributed by atoms with Gasteiger partial charge in [-0.05, 0) is 30.3 Å². The van der Waals surface area contributed by atoms with Gasteiger partial charge in [0.05, 0.1) is 17.8 Å². The second kappa shape index (κ2) is 8.12. The fourth-order valence-electron chi connectivity index (χ4n) is 3.38. The normalized spacial score (nSPS) is 11.0. The number of amides is 1. The van der Waals surface area contributed by atoms with Gasteiger partial charge in [-0.25, -0.2) is 9.37 Å². The molecule has 0 aliphatic heterocycles. The molecule has 0 unspecified atom stereocenters. The van der Waals surface area contributed by atoms with Crippen molar-refractivity contribution in [2.75, 3.05) is 5.32 Å². The Morgan fingerprint density at radius 1 is 0.968 bits per heavy atom. The predicted molar refractivity (Wildman–Crippen MR) is 119 cm³/mol. The van der Waals surface area contributed by atoms with E-state index in [2.05, 4.69) is 15.5 Å². The Morgan fingerprint density at radius 2 is 1.71 bits per heavy atom. The smallest absolute Gasteiger partial charge is 0.230 e. The van der Waals surface area contributed by atoms with Crippen LogP contribution in [0.15, 0.2) is 82.7 Å². The van der Waals surface area contributed by atoms with E-state index in [1.54, 1.807) is 18.2 Å². The van der Waals surface area contributed by atoms with Gasteiger partial charge in [0, 0.05) is 21.9 Å². The highest BCUT2D eigenvalue weighted by atomic mass is 32.1. The van der Waals surface area contributed by atoms with Gasteiger partial charge in [-0.1, -0.05) is 47.6 Å². The first-order valence-electron chi connectivity index (χ1n) is 9.62. The summed E-state index contributed by atoms with van der Waals surface area (Å²) in [5, 5.41) is 10.2. The number of thiazole rings is 1. The molecule has 152 valence electrons. The molecule has 31 heavy (non-hydrogen) atoms. The van der Waals surface area contributed by atoms with E-state index in [0.29, 0.717) is 33.2 Å². The molecule has 0 atom stereocenters. The summed E-state index contributed by atoms with van der Waals surface area (Å²) in [6, 6.07) is 21.4. The topological polar surface area (TPSA) is 68.0 Å². The number of hydrogen-bond acceptors (Lipinski definition) is 5. The predicted octanol–water partition coefficient (Wildman–Crippen LogP) is 5.94. The highest BCUT2D eigenvalue weighted by Gasteiger charge is 2.16. The average molecular weight is 429 g/mol. The molecular formula is C24H16FN3O2S. The largest absolute Gasteiger partial charge is 0.356 e. The van der Waals surface area contributed by atoms with E-state index in [4.69, 9.17) is 4.52 Å². The highest BCUT2D eigenvalue weighted by Crippen LogP contribution is 2.33. The SMILES string of the molecule is O=C(Cc1noc2ccccc12)Nc1ccccc1-c1csc(-c2ccccc2F)n1. The van der Waals surface area contributed by atoms with Gasteiger partial charge < -0.3 is 9.84 Å². The van der Waals surface area contributed by atoms with Crippen molar-refractivity contribution in [1.29, 1.82) is 0 Å². The van der Waals surface area contributed by atoms with E-state index in [9.17, 15) is 9.18 Å². The van der Waals surface area contributed by atoms with Crippen LogP contribution in [-0.2, 0) is 11.2 Å². The number of carbonyl (C=O) groups excluding carboxylic acids is 1. The fourth-order valence-corrected chi connectivity index (χ4v) is 4.23. The number of hydrogen-bond donors (Lipinski definition) is 1. The first kappa shape index (κ1) is 19.1. The summed E-state index contributed by atoms with van der Waals surface area (Å²) in [5.74, 6) is -0.527. The number of benzene rings is 3. The average Bonchev–Trinajstić information content (AvgIpc) is 3.42. The summed E-state index contributed by atoms with van der Waals surface area (Å²) < 4.78 is 19.4. The van der Waals surface area contributed by atoms with Crippen LogP contribution in [0.25, 0.3) is 32.8 Å². The fraction of sp³-hybridized carbons (Fsp3) is 0.0417. The summed E-state index contributed by atoms with van der Waals surface area (Å²) in [5.41, 5.74) is 3.75. The van der Waals surface area contributed by atoms with Gasteiger partial charge in [-0.2, -0.15) is 0 Å². The number of para-hydroxylation sites is 2. The van der Waals surface area contributed by atoms with Crippen molar-refractivity contribution in [1.82, 2.24) is 10.1 Å². The Balaban J connectivity index is 1.40. The van der Waals surface area contributed by atoms with Crippen LogP contribution in [0, 0.1) is 5.82 Å². The van der Waals surface area contributed by atoms with Crippen LogP contribution in [-0.4, -0.2) is 16.0 Å². The minimum Gasteiger partial charge on any atom is -0.356 e. The molecule has 5 aromatic rings. The molecule has 0 spiro atoms. The molecule has 0 fully saturated rings. The molecule has 5 nitrogen and oxygen atoms in total. The Labute approximate surface area is 181 Å². The Bertz CT molecular complexity index is 1390. The lowest BCUT2D eigenvalue weighted by molar-refractivity contribution is -0.115. The van der Waals surface area contributed by atoms with E-state index >= 15 is 0 Å². The van der Waals surface area contributed by atoms with Crippen molar-refractivity contribution in [2.24, 2.45) is 0 Å². The van der Waals surface area contributed by atoms with Gasteiger partial charge in [-0.15, -0.1) is 11.3 Å². The number of fused-ring (bicyclic) bond motifs is 1. The lowest BCUT2D eigenvalue weighted by Crippen LogP contribution is -2.15. The van der Waals surface area contributed by atoms with Crippen molar-refractivity contribution < 1.29 is 13.7 Å². The van der Waals surface area contributed by atoms with Gasteiger partial charge in [0.2, 0.25) is 5.91 Å². The summed E-state index contributed by atoms with van der Waals surface area (Å²) in [6.07, 6.45) is 0.0862. The Hall–Kier alpha value is -3.84. The molecule has 0 aliphatic rings. The highest BCUT2D eigenvalue weighted by molar-refractivity contribution is 7.13. The van der Waals surface area contributed by atoms with Crippen molar-refractivity contribution in [3.8, 4) is 21.8 Å². The molecule has 0 saturated carbocycles. The molecular weight excluding hydrogens is 413 g/mol. The van der Waals surface area contributed by atoms with Crippen molar-refractivity contribution in [3.63, 3.8) is 0 Å². The van der Waals surface area contributed by atoms with Crippen molar-refractivity contribution >= 4 is 33.9 Å². The quantitative estimate of drug-likeness (QED) is 0.375. The summed E-state index contributed by atoms with van der Waals surface area (Å²) in [6.45, 7) is 0. The van der Waals surface area contributed by atoms with Crippen LogP contribution < -0.4 is 5.32 Å². The van der Waals surface area contributed by atoms with Gasteiger partial charge in [0.25, 0.3) is 0 Å². The third-order valence-corrected chi connectivity index (χ3v) is 5.74. The van der Waals surface area contributed by atoms with Crippen LogP contribution in [0.3, 0.4) is 0 Å². The molecule has 1 amide bonds. The van der Waals surface area contributed by atoms with Gasteiger partial charge in [0.15, 0.2) is 5.58 Å². The zero-order valence-corrected chi connectivity index (χ0v) is 17.0. The second-order valence-corrected chi connectivity index (χ2v) is 7.77. The summed E-state index contributed by atoms with van der Waals surface area (Å²) in [7, 11) is 0. The van der Waals surface area contributed by atoms with Gasteiger partial charge in [0.1, 0.15) is 16.5 Å². The van der Waals surface area contributed by atoms with Crippen molar-refractivity contribution in [3.05, 3.63) is 89.7 Å². The zero-order valence-electron chi connectivity index (χ0n) is 16.2. The molecule has 2 aromatic heterocycles. The minimum atomic E-state index is -0.315. The van der Waals surface area contributed by atoms with Crippen LogP contribution in [0.2, 0.25) is 0 Å². The van der Waals surface area contributed by atoms with Crippen molar-refractivity contribution in [2.45, 2.75) is 6.42 Å². The second-order valence-electron chi connectivity index (χ2n) is 6.91. The monoisotopic (exact) mass is 429 g/mol. The van der Waals surface area contributed by atoms with Crippen LogP contribution in [0.5, 0.6) is 0 Å². The van der Waals surface area contributed by atoms with E-state index < -0.39 is 0 Å². The lowest BCUT2D eigenvalue weighted by Gasteiger charge is -2.09. The number of nitrogens with zero attached hydrogens (tertiary/aromatic N) is 2. The van der Waals surface area contributed by atoms with Crippen LogP contribution >= 0.6 is 11.3 Å². The molecule has 7 heteroatoms. The number of halogens is 1. The molecule has 0 saturated heterocycles. The van der Waals surface area contributed by atoms with E-state index in [1.165, 1.54) is 17.4 Å². The number of carbonyl (C=O) groups is 1. The third-order valence-electron chi connectivity index (χ3n) is 4.87. The molecule has 3 aromatic carbocycles. The Kier molecular flexibility index (Phi) is 5.01. The first-order chi connectivity index (χ1) is 15.2. The van der Waals surface area contributed by atoms with E-state index in [-0.39, 0.29) is 18.1 Å². The molecule has 2 heterocycles.